The van der Waals surface area contributed by atoms with Crippen molar-refractivity contribution in [3.05, 3.63) is 29.8 Å². The molecule has 6 atom stereocenters. The highest BCUT2D eigenvalue weighted by atomic mass is 16.7. The van der Waals surface area contributed by atoms with E-state index in [0.29, 0.717) is 12.0 Å². The predicted molar refractivity (Wildman–Crippen MR) is 92.4 cm³/mol. The Kier molecular flexibility index (Phi) is 4.13. The van der Waals surface area contributed by atoms with Crippen LogP contribution in [0.2, 0.25) is 0 Å². The van der Waals surface area contributed by atoms with E-state index in [1.54, 1.807) is 0 Å². The quantitative estimate of drug-likeness (QED) is 0.696. The Hall–Kier alpha value is -1.02. The molecule has 4 rings (SSSR count). The van der Waals surface area contributed by atoms with E-state index in [2.05, 4.69) is 45.0 Å². The van der Waals surface area contributed by atoms with Gasteiger partial charge in [-0.05, 0) is 68.4 Å². The van der Waals surface area contributed by atoms with E-state index in [4.69, 9.17) is 9.47 Å². The van der Waals surface area contributed by atoms with Crippen LogP contribution in [0.3, 0.4) is 0 Å². The fourth-order valence-corrected chi connectivity index (χ4v) is 5.41. The Morgan fingerprint density at radius 1 is 0.957 bits per heavy atom. The molecule has 0 spiro atoms. The number of ether oxygens (including phenoxy) is 2. The molecule has 2 bridgehead atoms. The maximum atomic E-state index is 6.53. The second kappa shape index (κ2) is 6.12. The summed E-state index contributed by atoms with van der Waals surface area (Å²) in [4.78, 5) is 0. The molecular formula is C21H30O2. The van der Waals surface area contributed by atoms with Crippen LogP contribution in [0.1, 0.15) is 51.5 Å². The fraction of sp³-hybridized carbons (Fsp3) is 0.714. The fourth-order valence-electron chi connectivity index (χ4n) is 5.41. The van der Waals surface area contributed by atoms with Crippen LogP contribution in [0.25, 0.3) is 0 Å². The minimum atomic E-state index is -0.123. The molecule has 2 heteroatoms. The zero-order valence-electron chi connectivity index (χ0n) is 14.7. The first-order valence-corrected chi connectivity index (χ1v) is 9.50. The van der Waals surface area contributed by atoms with E-state index in [1.807, 2.05) is 0 Å². The molecular weight excluding hydrogens is 284 g/mol. The third kappa shape index (κ3) is 2.91. The lowest BCUT2D eigenvalue weighted by atomic mass is 9.80. The lowest BCUT2D eigenvalue weighted by molar-refractivity contribution is -0.162. The van der Waals surface area contributed by atoms with Crippen molar-refractivity contribution in [3.63, 3.8) is 0 Å². The van der Waals surface area contributed by atoms with Crippen molar-refractivity contribution in [3.8, 4) is 5.75 Å². The molecule has 3 fully saturated rings. The van der Waals surface area contributed by atoms with E-state index in [9.17, 15) is 0 Å². The molecule has 0 N–H and O–H groups in total. The minimum absolute atomic E-state index is 0.123. The highest BCUT2D eigenvalue weighted by Gasteiger charge is 2.54. The van der Waals surface area contributed by atoms with Crippen LogP contribution in [0.15, 0.2) is 24.3 Å². The summed E-state index contributed by atoms with van der Waals surface area (Å²) < 4.78 is 12.7. The first kappa shape index (κ1) is 15.5. The molecule has 0 amide bonds. The summed E-state index contributed by atoms with van der Waals surface area (Å²) in [7, 11) is 0. The second-order valence-corrected chi connectivity index (χ2v) is 8.37. The van der Waals surface area contributed by atoms with Crippen LogP contribution >= 0.6 is 0 Å². The first-order chi connectivity index (χ1) is 11.1. The highest BCUT2D eigenvalue weighted by Crippen LogP contribution is 2.59. The van der Waals surface area contributed by atoms with E-state index in [0.717, 1.165) is 29.4 Å². The largest absolute Gasteiger partial charge is 0.465 e. The number of fused-ring (bicyclic) bond motifs is 5. The maximum absolute atomic E-state index is 6.53. The molecule has 0 heterocycles. The van der Waals surface area contributed by atoms with Crippen molar-refractivity contribution in [2.75, 3.05) is 0 Å². The van der Waals surface area contributed by atoms with Gasteiger partial charge >= 0.3 is 0 Å². The van der Waals surface area contributed by atoms with Crippen LogP contribution in [-0.4, -0.2) is 12.4 Å². The number of aryl methyl sites for hydroxylation is 1. The predicted octanol–water partition coefficient (Wildman–Crippen LogP) is 5.20. The molecule has 3 saturated carbocycles. The van der Waals surface area contributed by atoms with Crippen molar-refractivity contribution in [1.82, 2.24) is 0 Å². The van der Waals surface area contributed by atoms with Crippen molar-refractivity contribution < 1.29 is 9.47 Å². The molecule has 3 aliphatic carbocycles. The summed E-state index contributed by atoms with van der Waals surface area (Å²) in [6, 6.07) is 8.32. The van der Waals surface area contributed by atoms with Crippen LogP contribution in [0.4, 0.5) is 0 Å². The molecule has 23 heavy (non-hydrogen) atoms. The van der Waals surface area contributed by atoms with Gasteiger partial charge in [0.15, 0.2) is 0 Å². The number of rotatable bonds is 5. The summed E-state index contributed by atoms with van der Waals surface area (Å²) in [5.74, 6) is 5.01. The standard InChI is InChI=1S/C21H30O2/c1-13(2)21(22-16-9-7-14(3)8-10-16)23-20-12-15-11-19(20)18-6-4-5-17(15)18/h7-10,13,15,17-21H,4-6,11-12H2,1-3H3. The Morgan fingerprint density at radius 3 is 2.43 bits per heavy atom. The lowest BCUT2D eigenvalue weighted by Gasteiger charge is -2.35. The van der Waals surface area contributed by atoms with E-state index in [-0.39, 0.29) is 6.29 Å². The third-order valence-corrected chi connectivity index (χ3v) is 6.49. The monoisotopic (exact) mass is 314 g/mol. The van der Waals surface area contributed by atoms with Crippen LogP contribution in [-0.2, 0) is 4.74 Å². The average molecular weight is 314 g/mol. The zero-order valence-corrected chi connectivity index (χ0v) is 14.7. The van der Waals surface area contributed by atoms with Crippen molar-refractivity contribution in [2.45, 2.75) is 65.3 Å². The van der Waals surface area contributed by atoms with E-state index in [1.165, 1.54) is 37.7 Å². The van der Waals surface area contributed by atoms with E-state index < -0.39 is 0 Å². The summed E-state index contributed by atoms with van der Waals surface area (Å²) in [6.45, 7) is 6.50. The Morgan fingerprint density at radius 2 is 1.70 bits per heavy atom. The minimum Gasteiger partial charge on any atom is -0.465 e. The van der Waals surface area contributed by atoms with Gasteiger partial charge in [0.1, 0.15) is 5.75 Å². The summed E-state index contributed by atoms with van der Waals surface area (Å²) in [5.41, 5.74) is 1.26. The highest BCUT2D eigenvalue weighted by molar-refractivity contribution is 5.26. The molecule has 0 radical (unpaired) electrons. The van der Waals surface area contributed by atoms with Crippen molar-refractivity contribution >= 4 is 0 Å². The Labute approximate surface area is 140 Å². The molecule has 1 aromatic carbocycles. The Bertz CT molecular complexity index is 535. The molecule has 2 nitrogen and oxygen atoms in total. The van der Waals surface area contributed by atoms with Gasteiger partial charge in [-0.15, -0.1) is 0 Å². The van der Waals surface area contributed by atoms with Crippen LogP contribution in [0, 0.1) is 36.5 Å². The van der Waals surface area contributed by atoms with Crippen LogP contribution < -0.4 is 4.74 Å². The van der Waals surface area contributed by atoms with Crippen LogP contribution in [0.5, 0.6) is 5.75 Å². The number of hydrogen-bond acceptors (Lipinski definition) is 2. The zero-order chi connectivity index (χ0) is 16.0. The van der Waals surface area contributed by atoms with E-state index >= 15 is 0 Å². The summed E-state index contributed by atoms with van der Waals surface area (Å²) >= 11 is 0. The average Bonchev–Trinajstić information content (AvgIpc) is 3.20. The maximum Gasteiger partial charge on any atom is 0.202 e. The van der Waals surface area contributed by atoms with Gasteiger partial charge in [-0.3, -0.25) is 0 Å². The molecule has 1 aromatic rings. The molecule has 126 valence electrons. The number of hydrogen-bond donors (Lipinski definition) is 0. The number of benzene rings is 1. The first-order valence-electron chi connectivity index (χ1n) is 9.50. The van der Waals surface area contributed by atoms with Gasteiger partial charge < -0.3 is 9.47 Å². The van der Waals surface area contributed by atoms with Crippen molar-refractivity contribution in [1.29, 1.82) is 0 Å². The van der Waals surface area contributed by atoms with Gasteiger partial charge in [-0.1, -0.05) is 38.0 Å². The summed E-state index contributed by atoms with van der Waals surface area (Å²) in [6.07, 6.45) is 7.35. The molecule has 0 aliphatic heterocycles. The SMILES string of the molecule is Cc1ccc(OC(OC2CC3CC2C2CCCC32)C(C)C)cc1. The van der Waals surface area contributed by atoms with Gasteiger partial charge in [0.05, 0.1) is 6.10 Å². The Balaban J connectivity index is 1.42. The van der Waals surface area contributed by atoms with Gasteiger partial charge in [0.2, 0.25) is 6.29 Å². The molecule has 0 saturated heterocycles. The van der Waals surface area contributed by atoms with Gasteiger partial charge in [-0.2, -0.15) is 0 Å². The molecule has 0 aromatic heterocycles. The van der Waals surface area contributed by atoms with Gasteiger partial charge in [0, 0.05) is 5.92 Å². The lowest BCUT2D eigenvalue weighted by Crippen LogP contribution is -2.37. The third-order valence-electron chi connectivity index (χ3n) is 6.49. The van der Waals surface area contributed by atoms with Gasteiger partial charge in [-0.25, -0.2) is 0 Å². The normalized spacial score (nSPS) is 36.4. The topological polar surface area (TPSA) is 18.5 Å². The smallest absolute Gasteiger partial charge is 0.202 e. The second-order valence-electron chi connectivity index (χ2n) is 8.37. The van der Waals surface area contributed by atoms with Crippen molar-refractivity contribution in [2.24, 2.45) is 29.6 Å². The summed E-state index contributed by atoms with van der Waals surface area (Å²) in [5, 5.41) is 0. The van der Waals surface area contributed by atoms with Gasteiger partial charge in [0.25, 0.3) is 0 Å². The molecule has 3 aliphatic rings. The molecule has 6 unspecified atom stereocenters.